The fourth-order valence-corrected chi connectivity index (χ4v) is 4.06. The lowest BCUT2D eigenvalue weighted by Crippen LogP contribution is -2.23. The summed E-state index contributed by atoms with van der Waals surface area (Å²) in [6.45, 7) is 3.88. The lowest BCUT2D eigenvalue weighted by molar-refractivity contribution is 0.174. The molecule has 2 aromatic carbocycles. The minimum atomic E-state index is 0.279. The van der Waals surface area contributed by atoms with Crippen molar-refractivity contribution in [2.24, 2.45) is 0 Å². The first-order valence-corrected chi connectivity index (χ1v) is 10.0. The molecule has 3 heterocycles. The Bertz CT molecular complexity index is 1040. The normalized spacial score (nSPS) is 16.0. The van der Waals surface area contributed by atoms with Gasteiger partial charge >= 0.3 is 0 Å². The quantitative estimate of drug-likeness (QED) is 0.614. The number of ether oxygens (including phenoxy) is 2. The highest BCUT2D eigenvalue weighted by Crippen LogP contribution is 2.33. The topological polar surface area (TPSA) is 44.5 Å². The number of hydrogen-bond acceptors (Lipinski definition) is 5. The summed E-state index contributed by atoms with van der Waals surface area (Å²) in [5.41, 5.74) is 2.17. The number of nitrogens with zero attached hydrogens (tertiary/aromatic N) is 4. The van der Waals surface area contributed by atoms with Gasteiger partial charge in [-0.1, -0.05) is 36.4 Å². The number of aromatic nitrogens is 3. The van der Waals surface area contributed by atoms with E-state index >= 15 is 0 Å². The second-order valence-corrected chi connectivity index (χ2v) is 7.58. The fraction of sp³-hybridized carbons (Fsp3) is 0.333. The lowest BCUT2D eigenvalue weighted by Gasteiger charge is -2.13. The Balaban J connectivity index is 1.53. The zero-order valence-electron chi connectivity index (χ0n) is 15.6. The van der Waals surface area contributed by atoms with Crippen molar-refractivity contribution in [1.29, 1.82) is 0 Å². The standard InChI is InChI=1S/C21H22N4O2S/c28-21-24(13-16-8-9-18-19(12-16)27-15-26-18)20(17-6-2-1-3-7-17)22-25(21)14-23-10-4-5-11-23/h1-3,6-9,12H,4-5,10-11,13-15H2. The average molecular weight is 395 g/mol. The van der Waals surface area contributed by atoms with E-state index in [1.807, 2.05) is 35.0 Å². The van der Waals surface area contributed by atoms with Gasteiger partial charge in [0.05, 0.1) is 13.2 Å². The van der Waals surface area contributed by atoms with Crippen LogP contribution in [0.2, 0.25) is 0 Å². The van der Waals surface area contributed by atoms with Crippen molar-refractivity contribution in [3.63, 3.8) is 0 Å². The molecule has 144 valence electrons. The highest BCUT2D eigenvalue weighted by Gasteiger charge is 2.19. The zero-order chi connectivity index (χ0) is 18.9. The molecule has 1 saturated heterocycles. The van der Waals surface area contributed by atoms with Crippen LogP contribution in [0.25, 0.3) is 11.4 Å². The molecule has 7 heteroatoms. The summed E-state index contributed by atoms with van der Waals surface area (Å²) < 4.78 is 15.8. The molecule has 6 nitrogen and oxygen atoms in total. The maximum atomic E-state index is 5.83. The number of fused-ring (bicyclic) bond motifs is 1. The third-order valence-electron chi connectivity index (χ3n) is 5.27. The SMILES string of the molecule is S=c1n(CN2CCCC2)nc(-c2ccccc2)n1Cc1ccc2c(c1)OCO2. The minimum absolute atomic E-state index is 0.279. The van der Waals surface area contributed by atoms with Gasteiger partial charge in [0.25, 0.3) is 0 Å². The van der Waals surface area contributed by atoms with Crippen LogP contribution in [0.5, 0.6) is 11.5 Å². The van der Waals surface area contributed by atoms with Crippen molar-refractivity contribution in [3.05, 3.63) is 58.9 Å². The molecule has 0 aliphatic carbocycles. The summed E-state index contributed by atoms with van der Waals surface area (Å²) in [5, 5.41) is 4.89. The van der Waals surface area contributed by atoms with Gasteiger partial charge in [-0.3, -0.25) is 9.47 Å². The highest BCUT2D eigenvalue weighted by atomic mass is 32.1. The monoisotopic (exact) mass is 394 g/mol. The van der Waals surface area contributed by atoms with E-state index in [1.165, 1.54) is 12.8 Å². The molecule has 0 atom stereocenters. The minimum Gasteiger partial charge on any atom is -0.454 e. The Hall–Kier alpha value is -2.64. The molecule has 1 aromatic heterocycles. The summed E-state index contributed by atoms with van der Waals surface area (Å²) in [5.74, 6) is 2.47. The van der Waals surface area contributed by atoms with Crippen LogP contribution >= 0.6 is 12.2 Å². The molecule has 0 unspecified atom stereocenters. The van der Waals surface area contributed by atoms with E-state index in [1.54, 1.807) is 0 Å². The Kier molecular flexibility index (Phi) is 4.62. The molecule has 2 aliphatic rings. The molecule has 0 N–H and O–H groups in total. The van der Waals surface area contributed by atoms with Crippen molar-refractivity contribution < 1.29 is 9.47 Å². The molecule has 1 fully saturated rings. The van der Waals surface area contributed by atoms with Gasteiger partial charge in [-0.05, 0) is 55.8 Å². The summed E-state index contributed by atoms with van der Waals surface area (Å²) in [4.78, 5) is 2.41. The summed E-state index contributed by atoms with van der Waals surface area (Å²) >= 11 is 5.83. The second-order valence-electron chi connectivity index (χ2n) is 7.21. The van der Waals surface area contributed by atoms with Crippen LogP contribution in [-0.2, 0) is 13.2 Å². The third kappa shape index (κ3) is 3.31. The lowest BCUT2D eigenvalue weighted by atomic mass is 10.2. The van der Waals surface area contributed by atoms with E-state index in [0.717, 1.165) is 53.0 Å². The predicted molar refractivity (Wildman–Crippen MR) is 109 cm³/mol. The van der Waals surface area contributed by atoms with Crippen molar-refractivity contribution in [2.75, 3.05) is 19.9 Å². The van der Waals surface area contributed by atoms with Gasteiger partial charge in [0.15, 0.2) is 22.1 Å². The number of rotatable bonds is 5. The van der Waals surface area contributed by atoms with Crippen molar-refractivity contribution in [3.8, 4) is 22.9 Å². The van der Waals surface area contributed by atoms with Crippen LogP contribution in [0.3, 0.4) is 0 Å². The maximum Gasteiger partial charge on any atom is 0.231 e. The van der Waals surface area contributed by atoms with Gasteiger partial charge in [-0.25, -0.2) is 4.68 Å². The van der Waals surface area contributed by atoms with Gasteiger partial charge < -0.3 is 9.47 Å². The van der Waals surface area contributed by atoms with Gasteiger partial charge in [0.1, 0.15) is 0 Å². The van der Waals surface area contributed by atoms with Crippen LogP contribution in [-0.4, -0.2) is 39.1 Å². The van der Waals surface area contributed by atoms with Crippen molar-refractivity contribution >= 4 is 12.2 Å². The van der Waals surface area contributed by atoms with Gasteiger partial charge in [0, 0.05) is 5.56 Å². The fourth-order valence-electron chi connectivity index (χ4n) is 3.81. The summed E-state index contributed by atoms with van der Waals surface area (Å²) in [7, 11) is 0. The zero-order valence-corrected chi connectivity index (χ0v) is 16.4. The molecular weight excluding hydrogens is 372 g/mol. The van der Waals surface area contributed by atoms with Crippen LogP contribution in [0.15, 0.2) is 48.5 Å². The maximum absolute atomic E-state index is 5.83. The number of benzene rings is 2. The van der Waals surface area contributed by atoms with Gasteiger partial charge in [0.2, 0.25) is 6.79 Å². The highest BCUT2D eigenvalue weighted by molar-refractivity contribution is 7.71. The Morgan fingerprint density at radius 1 is 0.964 bits per heavy atom. The van der Waals surface area contributed by atoms with E-state index in [0.29, 0.717) is 6.54 Å². The molecule has 3 aromatic rings. The van der Waals surface area contributed by atoms with Crippen molar-refractivity contribution in [1.82, 2.24) is 19.2 Å². The van der Waals surface area contributed by atoms with E-state index in [2.05, 4.69) is 27.7 Å². The molecule has 0 spiro atoms. The molecule has 0 saturated carbocycles. The first-order valence-electron chi connectivity index (χ1n) is 9.62. The average Bonchev–Trinajstić information content (AvgIpc) is 3.46. The van der Waals surface area contributed by atoms with Crippen molar-refractivity contribution in [2.45, 2.75) is 26.1 Å². The Morgan fingerprint density at radius 3 is 2.57 bits per heavy atom. The number of likely N-dealkylation sites (tertiary alicyclic amines) is 1. The Morgan fingerprint density at radius 2 is 1.75 bits per heavy atom. The molecule has 28 heavy (non-hydrogen) atoms. The molecule has 0 amide bonds. The first-order chi connectivity index (χ1) is 13.8. The van der Waals surface area contributed by atoms with E-state index < -0.39 is 0 Å². The summed E-state index contributed by atoms with van der Waals surface area (Å²) in [6.07, 6.45) is 2.49. The predicted octanol–water partition coefficient (Wildman–Crippen LogP) is 3.91. The smallest absolute Gasteiger partial charge is 0.231 e. The molecule has 0 radical (unpaired) electrons. The third-order valence-corrected chi connectivity index (χ3v) is 5.70. The largest absolute Gasteiger partial charge is 0.454 e. The van der Waals surface area contributed by atoms with Crippen LogP contribution in [0.1, 0.15) is 18.4 Å². The molecule has 5 rings (SSSR count). The summed E-state index contributed by atoms with van der Waals surface area (Å²) in [6, 6.07) is 16.3. The van der Waals surface area contributed by atoms with E-state index in [-0.39, 0.29) is 6.79 Å². The number of hydrogen-bond donors (Lipinski definition) is 0. The van der Waals surface area contributed by atoms with Crippen LogP contribution in [0, 0.1) is 4.77 Å². The van der Waals surface area contributed by atoms with E-state index in [4.69, 9.17) is 26.8 Å². The van der Waals surface area contributed by atoms with Gasteiger partial charge in [-0.2, -0.15) is 5.10 Å². The van der Waals surface area contributed by atoms with Crippen LogP contribution < -0.4 is 9.47 Å². The molecule has 2 aliphatic heterocycles. The Labute approximate surface area is 168 Å². The first kappa shape index (κ1) is 17.5. The van der Waals surface area contributed by atoms with E-state index in [9.17, 15) is 0 Å². The second kappa shape index (κ2) is 7.41. The molecular formula is C21H22N4O2S. The van der Waals surface area contributed by atoms with Gasteiger partial charge in [-0.15, -0.1) is 0 Å². The van der Waals surface area contributed by atoms with Crippen LogP contribution in [0.4, 0.5) is 0 Å². The molecule has 0 bridgehead atoms.